The summed E-state index contributed by atoms with van der Waals surface area (Å²) < 4.78 is 10.8. The number of hydrogen-bond acceptors (Lipinski definition) is 4. The SMILES string of the molecule is COc1ccc2c(c1OC)-c1ccccc1[C@@](C)(O)[C@H]2O. The molecule has 0 aromatic heterocycles. The zero-order valence-electron chi connectivity index (χ0n) is 12.3. The van der Waals surface area contributed by atoms with Crippen LogP contribution in [0.15, 0.2) is 36.4 Å². The second-order valence-corrected chi connectivity index (χ2v) is 5.36. The Morgan fingerprint density at radius 1 is 1.05 bits per heavy atom. The van der Waals surface area contributed by atoms with Gasteiger partial charge in [0.15, 0.2) is 11.5 Å². The highest BCUT2D eigenvalue weighted by Gasteiger charge is 2.42. The lowest BCUT2D eigenvalue weighted by molar-refractivity contribution is -0.0705. The van der Waals surface area contributed by atoms with E-state index in [9.17, 15) is 10.2 Å². The predicted octanol–water partition coefficient (Wildman–Crippen LogP) is 2.63. The Kier molecular flexibility index (Phi) is 3.15. The molecule has 0 bridgehead atoms. The molecular formula is C17H18O4. The van der Waals surface area contributed by atoms with E-state index in [2.05, 4.69) is 0 Å². The van der Waals surface area contributed by atoms with Crippen LogP contribution in [0.25, 0.3) is 11.1 Å². The van der Waals surface area contributed by atoms with Crippen LogP contribution in [0.3, 0.4) is 0 Å². The van der Waals surface area contributed by atoms with Gasteiger partial charge in [0, 0.05) is 5.56 Å². The molecule has 1 aliphatic rings. The van der Waals surface area contributed by atoms with Gasteiger partial charge in [-0.05, 0) is 29.7 Å². The van der Waals surface area contributed by atoms with Crippen LogP contribution in [0.1, 0.15) is 24.2 Å². The number of hydrogen-bond donors (Lipinski definition) is 2. The van der Waals surface area contributed by atoms with E-state index < -0.39 is 11.7 Å². The third kappa shape index (κ3) is 1.83. The minimum atomic E-state index is -1.34. The highest BCUT2D eigenvalue weighted by molar-refractivity contribution is 5.82. The zero-order valence-corrected chi connectivity index (χ0v) is 12.3. The van der Waals surface area contributed by atoms with Crippen LogP contribution in [0.2, 0.25) is 0 Å². The minimum Gasteiger partial charge on any atom is -0.493 e. The maximum atomic E-state index is 10.7. The summed E-state index contributed by atoms with van der Waals surface area (Å²) in [7, 11) is 3.14. The number of aliphatic hydroxyl groups excluding tert-OH is 1. The van der Waals surface area contributed by atoms with Crippen molar-refractivity contribution >= 4 is 0 Å². The number of fused-ring (bicyclic) bond motifs is 3. The van der Waals surface area contributed by atoms with Crippen molar-refractivity contribution < 1.29 is 19.7 Å². The molecule has 0 saturated heterocycles. The van der Waals surface area contributed by atoms with E-state index in [1.165, 1.54) is 0 Å². The molecule has 0 unspecified atom stereocenters. The molecule has 21 heavy (non-hydrogen) atoms. The predicted molar refractivity (Wildman–Crippen MR) is 79.5 cm³/mol. The monoisotopic (exact) mass is 286 g/mol. The van der Waals surface area contributed by atoms with Crippen molar-refractivity contribution in [1.82, 2.24) is 0 Å². The molecule has 2 N–H and O–H groups in total. The van der Waals surface area contributed by atoms with Crippen LogP contribution in [0.5, 0.6) is 11.5 Å². The van der Waals surface area contributed by atoms with Crippen molar-refractivity contribution in [2.45, 2.75) is 18.6 Å². The van der Waals surface area contributed by atoms with Gasteiger partial charge >= 0.3 is 0 Å². The van der Waals surface area contributed by atoms with Crippen LogP contribution in [-0.2, 0) is 5.60 Å². The maximum absolute atomic E-state index is 10.7. The molecular weight excluding hydrogens is 268 g/mol. The van der Waals surface area contributed by atoms with Gasteiger partial charge in [0.05, 0.1) is 14.2 Å². The summed E-state index contributed by atoms with van der Waals surface area (Å²) in [6, 6.07) is 11.0. The van der Waals surface area contributed by atoms with E-state index >= 15 is 0 Å². The Labute approximate surface area is 123 Å². The van der Waals surface area contributed by atoms with Crippen molar-refractivity contribution in [3.8, 4) is 22.6 Å². The molecule has 0 heterocycles. The molecule has 0 fully saturated rings. The topological polar surface area (TPSA) is 58.9 Å². The smallest absolute Gasteiger partial charge is 0.168 e. The molecule has 110 valence electrons. The average molecular weight is 286 g/mol. The van der Waals surface area contributed by atoms with Crippen molar-refractivity contribution in [3.63, 3.8) is 0 Å². The molecule has 3 rings (SSSR count). The van der Waals surface area contributed by atoms with Gasteiger partial charge in [0.1, 0.15) is 11.7 Å². The van der Waals surface area contributed by atoms with Crippen LogP contribution in [-0.4, -0.2) is 24.4 Å². The first-order valence-corrected chi connectivity index (χ1v) is 6.77. The number of ether oxygens (including phenoxy) is 2. The largest absolute Gasteiger partial charge is 0.493 e. The molecule has 2 aromatic rings. The average Bonchev–Trinajstić information content (AvgIpc) is 2.51. The van der Waals surface area contributed by atoms with Crippen LogP contribution >= 0.6 is 0 Å². The minimum absolute atomic E-state index is 0.567. The third-order valence-electron chi connectivity index (χ3n) is 4.15. The molecule has 0 radical (unpaired) electrons. The van der Waals surface area contributed by atoms with Crippen molar-refractivity contribution in [2.24, 2.45) is 0 Å². The van der Waals surface area contributed by atoms with Crippen LogP contribution in [0, 0.1) is 0 Å². The van der Waals surface area contributed by atoms with Crippen molar-refractivity contribution in [3.05, 3.63) is 47.5 Å². The van der Waals surface area contributed by atoms with E-state index in [1.807, 2.05) is 24.3 Å². The second-order valence-electron chi connectivity index (χ2n) is 5.36. The lowest BCUT2D eigenvalue weighted by atomic mass is 9.74. The van der Waals surface area contributed by atoms with Crippen LogP contribution < -0.4 is 9.47 Å². The lowest BCUT2D eigenvalue weighted by Crippen LogP contribution is -2.34. The summed E-state index contributed by atoms with van der Waals surface area (Å²) >= 11 is 0. The standard InChI is InChI=1S/C17H18O4/c1-17(19)12-7-5-4-6-10(12)14-11(16(17)18)8-9-13(20-2)15(14)21-3/h4-9,16,18-19H,1-3H3/t16-,17+/m0/s1. The summed E-state index contributed by atoms with van der Waals surface area (Å²) in [5.74, 6) is 1.16. The molecule has 0 amide bonds. The number of aliphatic hydroxyl groups is 2. The fourth-order valence-electron chi connectivity index (χ4n) is 3.04. The van der Waals surface area contributed by atoms with E-state index in [4.69, 9.17) is 9.47 Å². The first kappa shape index (κ1) is 13.9. The summed E-state index contributed by atoms with van der Waals surface area (Å²) in [6.45, 7) is 1.62. The molecule has 0 saturated carbocycles. The summed E-state index contributed by atoms with van der Waals surface area (Å²) in [6.07, 6.45) is -1.03. The highest BCUT2D eigenvalue weighted by Crippen LogP contribution is 2.53. The van der Waals surface area contributed by atoms with Gasteiger partial charge in [-0.25, -0.2) is 0 Å². The first-order valence-electron chi connectivity index (χ1n) is 6.77. The van der Waals surface area contributed by atoms with E-state index in [0.29, 0.717) is 22.6 Å². The van der Waals surface area contributed by atoms with Crippen LogP contribution in [0.4, 0.5) is 0 Å². The first-order chi connectivity index (χ1) is 10.0. The maximum Gasteiger partial charge on any atom is 0.168 e. The number of benzene rings is 2. The summed E-state index contributed by atoms with van der Waals surface area (Å²) in [4.78, 5) is 0. The Morgan fingerprint density at radius 2 is 1.76 bits per heavy atom. The van der Waals surface area contributed by atoms with Gasteiger partial charge in [-0.1, -0.05) is 30.3 Å². The highest BCUT2D eigenvalue weighted by atomic mass is 16.5. The quantitative estimate of drug-likeness (QED) is 0.891. The molecule has 4 nitrogen and oxygen atoms in total. The van der Waals surface area contributed by atoms with Gasteiger partial charge in [-0.3, -0.25) is 0 Å². The molecule has 2 aromatic carbocycles. The molecule has 1 aliphatic carbocycles. The van der Waals surface area contributed by atoms with Gasteiger partial charge in [-0.15, -0.1) is 0 Å². The zero-order chi connectivity index (χ0) is 15.2. The van der Waals surface area contributed by atoms with Crippen molar-refractivity contribution in [1.29, 1.82) is 0 Å². The Bertz CT molecular complexity index is 691. The Hall–Kier alpha value is -2.04. The molecule has 4 heteroatoms. The fourth-order valence-corrected chi connectivity index (χ4v) is 3.04. The van der Waals surface area contributed by atoms with Gasteiger partial charge in [0.25, 0.3) is 0 Å². The molecule has 0 spiro atoms. The van der Waals surface area contributed by atoms with Gasteiger partial charge in [0.2, 0.25) is 0 Å². The number of rotatable bonds is 2. The lowest BCUT2D eigenvalue weighted by Gasteiger charge is -2.38. The van der Waals surface area contributed by atoms with Gasteiger partial charge in [-0.2, -0.15) is 0 Å². The normalized spacial score (nSPS) is 23.2. The van der Waals surface area contributed by atoms with E-state index in [-0.39, 0.29) is 0 Å². The second kappa shape index (κ2) is 4.76. The van der Waals surface area contributed by atoms with Gasteiger partial charge < -0.3 is 19.7 Å². The molecule has 0 aliphatic heterocycles. The summed E-state index contributed by atoms with van der Waals surface area (Å²) in [5.41, 5.74) is 1.58. The summed E-state index contributed by atoms with van der Waals surface area (Å²) in [5, 5.41) is 21.3. The van der Waals surface area contributed by atoms with Crippen molar-refractivity contribution in [2.75, 3.05) is 14.2 Å². The Balaban J connectivity index is 2.40. The van der Waals surface area contributed by atoms with E-state index in [1.54, 1.807) is 33.3 Å². The fraction of sp³-hybridized carbons (Fsp3) is 0.294. The third-order valence-corrected chi connectivity index (χ3v) is 4.15. The number of methoxy groups -OCH3 is 2. The Morgan fingerprint density at radius 3 is 2.43 bits per heavy atom. The molecule has 2 atom stereocenters. The van der Waals surface area contributed by atoms with E-state index in [0.717, 1.165) is 11.1 Å².